The van der Waals surface area contributed by atoms with Crippen molar-refractivity contribution < 1.29 is 18.7 Å². The van der Waals surface area contributed by atoms with Gasteiger partial charge >= 0.3 is 5.97 Å². The Kier molecular flexibility index (Phi) is 7.53. The highest BCUT2D eigenvalue weighted by atomic mass is 35.5. The Hall–Kier alpha value is -1.11. The van der Waals surface area contributed by atoms with Crippen LogP contribution in [0, 0.1) is 0 Å². The maximum atomic E-state index is 13.2. The first-order chi connectivity index (χ1) is 7.92. The molecule has 5 nitrogen and oxygen atoms in total. The summed E-state index contributed by atoms with van der Waals surface area (Å²) in [6.45, 7) is 2.59. The summed E-state index contributed by atoms with van der Waals surface area (Å²) >= 11 is 10.9. The molecule has 0 radical (unpaired) electrons. The van der Waals surface area contributed by atoms with Crippen LogP contribution in [0.5, 0.6) is 0 Å². The number of carbonyl (C=O) groups is 1. The first-order valence-electron chi connectivity index (χ1n) is 4.29. The molecule has 0 aliphatic heterocycles. The summed E-state index contributed by atoms with van der Waals surface area (Å²) in [6, 6.07) is 0. The SMILES string of the molecule is C=C(Cl)C(=N/C(F)=C(/Cl)CN)OCC(=O)OC. The molecule has 0 amide bonds. The summed E-state index contributed by atoms with van der Waals surface area (Å²) in [6.07, 6.45) is 0. The van der Waals surface area contributed by atoms with Crippen LogP contribution in [0.25, 0.3) is 0 Å². The maximum absolute atomic E-state index is 13.2. The number of rotatable bonds is 5. The van der Waals surface area contributed by atoms with Crippen molar-refractivity contribution in [2.75, 3.05) is 20.3 Å². The van der Waals surface area contributed by atoms with Crippen LogP contribution in [0.2, 0.25) is 0 Å². The topological polar surface area (TPSA) is 73.9 Å². The standard InChI is InChI=1S/C9H11Cl2FN2O3/c1-5(10)9(17-4-7(15)16-2)14-8(12)6(11)3-13/h1,3-4,13H2,2H3/b8-6+,14-9?. The van der Waals surface area contributed by atoms with Crippen molar-refractivity contribution in [3.05, 3.63) is 22.6 Å². The lowest BCUT2D eigenvalue weighted by atomic mass is 10.5. The number of esters is 1. The molecule has 0 bridgehead atoms. The predicted molar refractivity (Wildman–Crippen MR) is 63.4 cm³/mol. The third kappa shape index (κ3) is 6.25. The molecule has 0 aromatic carbocycles. The van der Waals surface area contributed by atoms with Crippen LogP contribution in [0.3, 0.4) is 0 Å². The molecule has 0 aromatic rings. The number of nitrogens with zero attached hydrogens (tertiary/aromatic N) is 1. The highest BCUT2D eigenvalue weighted by Crippen LogP contribution is 2.14. The number of nitrogens with two attached hydrogens (primary N) is 1. The van der Waals surface area contributed by atoms with Crippen LogP contribution in [-0.4, -0.2) is 32.1 Å². The number of hydrogen-bond acceptors (Lipinski definition) is 5. The molecular weight excluding hydrogens is 274 g/mol. The van der Waals surface area contributed by atoms with Gasteiger partial charge < -0.3 is 15.2 Å². The molecule has 0 saturated heterocycles. The highest BCUT2D eigenvalue weighted by molar-refractivity contribution is 6.42. The second kappa shape index (κ2) is 8.05. The minimum absolute atomic E-state index is 0.189. The molecular formula is C9H11Cl2FN2O3. The molecule has 0 aromatic heterocycles. The minimum Gasteiger partial charge on any atom is -0.466 e. The van der Waals surface area contributed by atoms with Crippen molar-refractivity contribution in [1.82, 2.24) is 0 Å². The van der Waals surface area contributed by atoms with E-state index in [9.17, 15) is 9.18 Å². The van der Waals surface area contributed by atoms with E-state index >= 15 is 0 Å². The van der Waals surface area contributed by atoms with Gasteiger partial charge in [0.05, 0.1) is 17.2 Å². The molecule has 0 heterocycles. The van der Waals surface area contributed by atoms with Gasteiger partial charge in [-0.2, -0.15) is 9.38 Å². The lowest BCUT2D eigenvalue weighted by Crippen LogP contribution is -2.15. The van der Waals surface area contributed by atoms with E-state index in [0.717, 1.165) is 0 Å². The number of hydrogen-bond donors (Lipinski definition) is 1. The van der Waals surface area contributed by atoms with E-state index < -0.39 is 18.5 Å². The summed E-state index contributed by atoms with van der Waals surface area (Å²) < 4.78 is 22.3. The summed E-state index contributed by atoms with van der Waals surface area (Å²) in [5, 5.41) is -0.493. The monoisotopic (exact) mass is 284 g/mol. The van der Waals surface area contributed by atoms with Crippen molar-refractivity contribution in [3.63, 3.8) is 0 Å². The van der Waals surface area contributed by atoms with Crippen LogP contribution < -0.4 is 5.73 Å². The van der Waals surface area contributed by atoms with E-state index in [1.165, 1.54) is 7.11 Å². The second-order valence-electron chi connectivity index (χ2n) is 2.59. The molecule has 0 spiro atoms. The molecule has 0 rings (SSSR count). The van der Waals surface area contributed by atoms with Gasteiger partial charge in [0.15, 0.2) is 6.61 Å². The number of methoxy groups -OCH3 is 1. The normalized spacial score (nSPS) is 12.9. The van der Waals surface area contributed by atoms with Crippen molar-refractivity contribution in [2.45, 2.75) is 0 Å². The lowest BCUT2D eigenvalue weighted by molar-refractivity contribution is -0.143. The minimum atomic E-state index is -1.06. The van der Waals surface area contributed by atoms with Crippen LogP contribution >= 0.6 is 23.2 Å². The van der Waals surface area contributed by atoms with E-state index in [1.54, 1.807) is 0 Å². The third-order valence-electron chi connectivity index (χ3n) is 1.39. The predicted octanol–water partition coefficient (Wildman–Crippen LogP) is 1.66. The zero-order valence-corrected chi connectivity index (χ0v) is 10.5. The number of ether oxygens (including phenoxy) is 2. The van der Waals surface area contributed by atoms with E-state index in [2.05, 4.69) is 16.3 Å². The quantitative estimate of drug-likeness (QED) is 0.361. The second-order valence-corrected chi connectivity index (χ2v) is 3.50. The van der Waals surface area contributed by atoms with Gasteiger partial charge in [0.1, 0.15) is 0 Å². The molecule has 96 valence electrons. The van der Waals surface area contributed by atoms with Crippen LogP contribution in [0.15, 0.2) is 27.6 Å². The van der Waals surface area contributed by atoms with Gasteiger partial charge in [0.2, 0.25) is 11.8 Å². The van der Waals surface area contributed by atoms with Crippen molar-refractivity contribution in [2.24, 2.45) is 10.7 Å². The Bertz CT molecular complexity index is 369. The van der Waals surface area contributed by atoms with E-state index in [0.29, 0.717) is 0 Å². The summed E-state index contributed by atoms with van der Waals surface area (Å²) in [5.74, 6) is -2.11. The van der Waals surface area contributed by atoms with Gasteiger partial charge in [-0.15, -0.1) is 0 Å². The van der Waals surface area contributed by atoms with Crippen molar-refractivity contribution >= 4 is 35.1 Å². The fourth-order valence-electron chi connectivity index (χ4n) is 0.591. The molecule has 0 unspecified atom stereocenters. The van der Waals surface area contributed by atoms with Gasteiger partial charge in [-0.05, 0) is 0 Å². The van der Waals surface area contributed by atoms with E-state index in [1.807, 2.05) is 0 Å². The maximum Gasteiger partial charge on any atom is 0.343 e. The van der Waals surface area contributed by atoms with Gasteiger partial charge in [0, 0.05) is 6.54 Å². The molecule has 0 fully saturated rings. The average molecular weight is 285 g/mol. The fourth-order valence-corrected chi connectivity index (χ4v) is 0.731. The van der Waals surface area contributed by atoms with Gasteiger partial charge in [0.25, 0.3) is 0 Å². The van der Waals surface area contributed by atoms with Crippen molar-refractivity contribution in [3.8, 4) is 0 Å². The molecule has 0 atom stereocenters. The zero-order chi connectivity index (χ0) is 13.4. The first kappa shape index (κ1) is 15.9. The first-order valence-corrected chi connectivity index (χ1v) is 5.05. The third-order valence-corrected chi connectivity index (χ3v) is 1.86. The number of carbonyl (C=O) groups excluding carboxylic acids is 1. The fraction of sp³-hybridized carbons (Fsp3) is 0.333. The van der Waals surface area contributed by atoms with Crippen LogP contribution in [0.4, 0.5) is 4.39 Å². The zero-order valence-electron chi connectivity index (χ0n) is 9.00. The molecule has 0 aliphatic rings. The molecule has 0 saturated carbocycles. The van der Waals surface area contributed by atoms with E-state index in [4.69, 9.17) is 33.7 Å². The Morgan fingerprint density at radius 1 is 1.53 bits per heavy atom. The smallest absolute Gasteiger partial charge is 0.343 e. The Balaban J connectivity index is 4.81. The number of halogens is 3. The summed E-state index contributed by atoms with van der Waals surface area (Å²) in [4.78, 5) is 14.1. The van der Waals surface area contributed by atoms with E-state index in [-0.39, 0.29) is 22.5 Å². The Labute approximate surface area is 108 Å². The Morgan fingerprint density at radius 3 is 2.53 bits per heavy atom. The molecule has 2 N–H and O–H groups in total. The van der Waals surface area contributed by atoms with Crippen molar-refractivity contribution in [1.29, 1.82) is 0 Å². The largest absolute Gasteiger partial charge is 0.466 e. The average Bonchev–Trinajstić information content (AvgIpc) is 2.31. The lowest BCUT2D eigenvalue weighted by Gasteiger charge is -2.06. The molecule has 17 heavy (non-hydrogen) atoms. The van der Waals surface area contributed by atoms with Crippen LogP contribution in [-0.2, 0) is 14.3 Å². The molecule has 8 heteroatoms. The Morgan fingerprint density at radius 2 is 2.12 bits per heavy atom. The van der Waals surface area contributed by atoms with Crippen LogP contribution in [0.1, 0.15) is 0 Å². The summed E-state index contributed by atoms with van der Waals surface area (Å²) in [7, 11) is 1.17. The van der Waals surface area contributed by atoms with Gasteiger partial charge in [-0.3, -0.25) is 0 Å². The molecule has 0 aliphatic carbocycles. The summed E-state index contributed by atoms with van der Waals surface area (Å²) in [5.41, 5.74) is 5.10. The number of aliphatic imine (C=N–C) groups is 1. The van der Waals surface area contributed by atoms with Gasteiger partial charge in [-0.1, -0.05) is 29.8 Å². The highest BCUT2D eigenvalue weighted by Gasteiger charge is 2.10. The van der Waals surface area contributed by atoms with Gasteiger partial charge in [-0.25, -0.2) is 4.79 Å².